The summed E-state index contributed by atoms with van der Waals surface area (Å²) in [5, 5.41) is 12.2. The number of imide groups is 1. The molecule has 7 heteroatoms. The van der Waals surface area contributed by atoms with Crippen LogP contribution in [0, 0.1) is 28.6 Å². The van der Waals surface area contributed by atoms with Gasteiger partial charge in [-0.1, -0.05) is 34.6 Å². The maximum Gasteiger partial charge on any atom is 0.238 e. The van der Waals surface area contributed by atoms with Crippen molar-refractivity contribution >= 4 is 25.5 Å². The van der Waals surface area contributed by atoms with E-state index in [0.717, 1.165) is 12.8 Å². The van der Waals surface area contributed by atoms with Crippen molar-refractivity contribution in [1.29, 1.82) is 0 Å². The van der Waals surface area contributed by atoms with Gasteiger partial charge in [-0.3, -0.25) is 14.4 Å². The molecule has 1 aliphatic heterocycles. The lowest BCUT2D eigenvalue weighted by atomic mass is 9.78. The predicted molar refractivity (Wildman–Crippen MR) is 97.6 cm³/mol. The summed E-state index contributed by atoms with van der Waals surface area (Å²) in [6.07, 6.45) is 2.00. The Kier molecular flexibility index (Phi) is 5.38. The van der Waals surface area contributed by atoms with Gasteiger partial charge in [-0.05, 0) is 35.5 Å². The fourth-order valence-corrected chi connectivity index (χ4v) is 4.79. The van der Waals surface area contributed by atoms with Crippen LogP contribution in [0.4, 0.5) is 4.79 Å². The van der Waals surface area contributed by atoms with Crippen molar-refractivity contribution in [2.24, 2.45) is 28.6 Å². The van der Waals surface area contributed by atoms with Gasteiger partial charge in [0.05, 0.1) is 12.6 Å². The second-order valence-electron chi connectivity index (χ2n) is 9.58. The fraction of sp³-hybridized carbons (Fsp3) is 0.833. The number of likely N-dealkylation sites (tertiary alicyclic amines) is 1. The number of carbonyl (C=O) groups is 3. The third kappa shape index (κ3) is 4.07. The van der Waals surface area contributed by atoms with Gasteiger partial charge < -0.3 is 15.3 Å². The number of amides is 3. The molecule has 1 saturated carbocycles. The minimum absolute atomic E-state index is 0.0891. The zero-order valence-electron chi connectivity index (χ0n) is 16.3. The van der Waals surface area contributed by atoms with Gasteiger partial charge in [-0.25, -0.2) is 0 Å². The molecule has 2 aliphatic rings. The Balaban J connectivity index is 2.25. The van der Waals surface area contributed by atoms with Crippen LogP contribution in [0.2, 0.25) is 0 Å². The van der Waals surface area contributed by atoms with Crippen LogP contribution in [0.1, 0.15) is 47.5 Å². The van der Waals surface area contributed by atoms with Crippen molar-refractivity contribution in [3.8, 4) is 0 Å². The lowest BCUT2D eigenvalue weighted by Gasteiger charge is -2.35. The quantitative estimate of drug-likeness (QED) is 0.582. The number of aliphatic hydroxyl groups is 1. The number of hydrogen-bond acceptors (Lipinski definition) is 4. The Morgan fingerprint density at radius 1 is 1.28 bits per heavy atom. The molecule has 0 aromatic rings. The summed E-state index contributed by atoms with van der Waals surface area (Å²) in [5.74, 6) is -1.60. The molecule has 1 aliphatic carbocycles. The molecule has 0 aromatic carbocycles. The number of aliphatic hydroxyl groups excluding tert-OH is 1. The molecule has 2 rings (SSSR count). The zero-order valence-corrected chi connectivity index (χ0v) is 16.3. The van der Waals surface area contributed by atoms with E-state index in [2.05, 4.69) is 19.2 Å². The van der Waals surface area contributed by atoms with Crippen LogP contribution in [0.3, 0.4) is 0 Å². The summed E-state index contributed by atoms with van der Waals surface area (Å²) in [5.41, 5.74) is -0.388. The second-order valence-corrected chi connectivity index (χ2v) is 9.58. The van der Waals surface area contributed by atoms with Gasteiger partial charge in [0.1, 0.15) is 5.92 Å². The average Bonchev–Trinajstić information content (AvgIpc) is 2.87. The largest absolute Gasteiger partial charge is 0.394 e. The molecule has 0 aromatic heterocycles. The van der Waals surface area contributed by atoms with E-state index < -0.39 is 23.0 Å². The van der Waals surface area contributed by atoms with Crippen molar-refractivity contribution in [2.45, 2.75) is 53.5 Å². The van der Waals surface area contributed by atoms with Crippen LogP contribution < -0.4 is 5.32 Å². The number of hydrogen-bond donors (Lipinski definition) is 2. The second kappa shape index (κ2) is 6.74. The topological polar surface area (TPSA) is 86.7 Å². The van der Waals surface area contributed by atoms with E-state index in [0.29, 0.717) is 12.5 Å². The first-order chi connectivity index (χ1) is 11.4. The van der Waals surface area contributed by atoms with E-state index in [1.807, 2.05) is 20.8 Å². The summed E-state index contributed by atoms with van der Waals surface area (Å²) >= 11 is 0. The van der Waals surface area contributed by atoms with Crippen LogP contribution in [0.25, 0.3) is 0 Å². The SMILES string of the molecule is BC(=O)NC(=O)[C@H](C(=O)N1CC2CC(C)(C)C[C@@H]2[C@H]1CO)C(C)(C)C. The first-order valence-corrected chi connectivity index (χ1v) is 9.10. The van der Waals surface area contributed by atoms with E-state index in [1.54, 1.807) is 4.90 Å². The Hall–Kier alpha value is -1.37. The molecule has 2 N–H and O–H groups in total. The molecule has 4 atom stereocenters. The molecule has 0 spiro atoms. The van der Waals surface area contributed by atoms with Crippen LogP contribution >= 0.6 is 0 Å². The molecule has 6 nitrogen and oxygen atoms in total. The van der Waals surface area contributed by atoms with Crippen LogP contribution in [0.5, 0.6) is 0 Å². The van der Waals surface area contributed by atoms with Gasteiger partial charge in [-0.15, -0.1) is 0 Å². The van der Waals surface area contributed by atoms with Crippen molar-refractivity contribution in [3.05, 3.63) is 0 Å². The smallest absolute Gasteiger partial charge is 0.238 e. The summed E-state index contributed by atoms with van der Waals surface area (Å²) in [4.78, 5) is 38.7. The third-order valence-electron chi connectivity index (χ3n) is 5.68. The maximum absolute atomic E-state index is 13.2. The van der Waals surface area contributed by atoms with Crippen LogP contribution in [0.15, 0.2) is 0 Å². The highest BCUT2D eigenvalue weighted by molar-refractivity contribution is 6.58. The maximum atomic E-state index is 13.2. The molecule has 3 amide bonds. The molecule has 1 unspecified atom stereocenters. The fourth-order valence-electron chi connectivity index (χ4n) is 4.79. The molecule has 25 heavy (non-hydrogen) atoms. The first-order valence-electron chi connectivity index (χ1n) is 9.10. The van der Waals surface area contributed by atoms with Crippen molar-refractivity contribution < 1.29 is 19.5 Å². The minimum Gasteiger partial charge on any atom is -0.394 e. The number of carbonyl (C=O) groups excluding carboxylic acids is 3. The van der Waals surface area contributed by atoms with E-state index in [9.17, 15) is 19.5 Å². The zero-order chi connectivity index (χ0) is 19.2. The number of nitrogens with zero attached hydrogens (tertiary/aromatic N) is 1. The predicted octanol–water partition coefficient (Wildman–Crippen LogP) is 0.773. The molecule has 1 saturated heterocycles. The normalized spacial score (nSPS) is 29.2. The molecular formula is C18H31BN2O4. The van der Waals surface area contributed by atoms with Gasteiger partial charge in [0, 0.05) is 6.54 Å². The highest BCUT2D eigenvalue weighted by Gasteiger charge is 2.53. The Morgan fingerprint density at radius 3 is 2.36 bits per heavy atom. The number of rotatable bonds is 3. The summed E-state index contributed by atoms with van der Waals surface area (Å²) < 4.78 is 0. The van der Waals surface area contributed by atoms with Crippen molar-refractivity contribution in [1.82, 2.24) is 10.2 Å². The molecule has 140 valence electrons. The van der Waals surface area contributed by atoms with Crippen molar-refractivity contribution in [3.63, 3.8) is 0 Å². The van der Waals surface area contributed by atoms with Gasteiger partial charge in [0.2, 0.25) is 19.7 Å². The molecule has 0 bridgehead atoms. The standard InChI is InChI=1S/C18H31BN2O4/c1-17(2,3)13(14(23)20-16(19)25)15(24)21-8-10-6-18(4,5)7-11(10)12(21)9-22/h10-13,22H,6-9,19H2,1-5H3,(H,20,23,25)/t10?,11-,12+,13+/m0/s1. The highest BCUT2D eigenvalue weighted by atomic mass is 16.3. The van der Waals surface area contributed by atoms with E-state index >= 15 is 0 Å². The third-order valence-corrected chi connectivity index (χ3v) is 5.68. The van der Waals surface area contributed by atoms with E-state index in [1.165, 1.54) is 7.85 Å². The summed E-state index contributed by atoms with van der Waals surface area (Å²) in [6, 6.07) is -0.241. The Morgan fingerprint density at radius 2 is 1.88 bits per heavy atom. The van der Waals surface area contributed by atoms with E-state index in [-0.39, 0.29) is 29.9 Å². The van der Waals surface area contributed by atoms with Gasteiger partial charge in [0.25, 0.3) is 0 Å². The number of nitrogens with one attached hydrogen (secondary N) is 1. The van der Waals surface area contributed by atoms with Gasteiger partial charge >= 0.3 is 0 Å². The van der Waals surface area contributed by atoms with Gasteiger partial charge in [0.15, 0.2) is 5.81 Å². The minimum atomic E-state index is -0.947. The molecular weight excluding hydrogens is 319 g/mol. The lowest BCUT2D eigenvalue weighted by Crippen LogP contribution is -2.52. The molecule has 1 heterocycles. The highest BCUT2D eigenvalue weighted by Crippen LogP contribution is 2.51. The molecule has 2 fully saturated rings. The van der Waals surface area contributed by atoms with E-state index in [4.69, 9.17) is 0 Å². The summed E-state index contributed by atoms with van der Waals surface area (Å²) in [6.45, 7) is 10.4. The first kappa shape index (κ1) is 20.0. The lowest BCUT2D eigenvalue weighted by molar-refractivity contribution is -0.148. The summed E-state index contributed by atoms with van der Waals surface area (Å²) in [7, 11) is 1.26. The Bertz CT molecular complexity index is 570. The van der Waals surface area contributed by atoms with Gasteiger partial charge in [-0.2, -0.15) is 0 Å². The van der Waals surface area contributed by atoms with Crippen molar-refractivity contribution in [2.75, 3.05) is 13.2 Å². The van der Waals surface area contributed by atoms with Crippen LogP contribution in [-0.4, -0.2) is 54.7 Å². The Labute approximate surface area is 151 Å². The monoisotopic (exact) mass is 350 g/mol. The van der Waals surface area contributed by atoms with Crippen LogP contribution in [-0.2, 0) is 9.59 Å². The number of fused-ring (bicyclic) bond motifs is 1. The molecule has 0 radical (unpaired) electrons. The average molecular weight is 350 g/mol.